The Balaban J connectivity index is 1.44. The van der Waals surface area contributed by atoms with E-state index in [1.54, 1.807) is 71.5 Å². The van der Waals surface area contributed by atoms with Crippen LogP contribution in [-0.4, -0.2) is 33.7 Å². The molecule has 1 aliphatic heterocycles. The fourth-order valence-corrected chi connectivity index (χ4v) is 7.39. The number of carbonyl (C=O) groups is 2. The molecule has 0 N–H and O–H groups in total. The van der Waals surface area contributed by atoms with Gasteiger partial charge in [-0.3, -0.25) is 19.0 Å². The van der Waals surface area contributed by atoms with Crippen LogP contribution in [0.5, 0.6) is 5.75 Å². The van der Waals surface area contributed by atoms with E-state index in [1.807, 2.05) is 0 Å². The Kier molecular flexibility index (Phi) is 5.86. The maximum Gasteiger partial charge on any atom is 0.267 e. The third-order valence-corrected chi connectivity index (χ3v) is 9.02. The predicted octanol–water partition coefficient (Wildman–Crippen LogP) is 5.02. The van der Waals surface area contributed by atoms with Gasteiger partial charge in [0.15, 0.2) is 5.16 Å². The topological polar surface area (TPSA) is 81.5 Å². The molecule has 3 heterocycles. The fourth-order valence-electron chi connectivity index (χ4n) is 4.77. The number of hydrogen-bond acceptors (Lipinski definition) is 7. The smallest absolute Gasteiger partial charge is 0.267 e. The number of thioether (sulfide) groups is 1. The number of aromatic nitrogens is 2. The number of carbonyl (C=O) groups excluding carboxylic acids is 2. The second-order valence-corrected chi connectivity index (χ2v) is 11.3. The average molecular weight is 538 g/mol. The highest BCUT2D eigenvalue weighted by Gasteiger charge is 2.41. The molecule has 6 rings (SSSR count). The molecule has 0 radical (unpaired) electrons. The number of nitrogens with zero attached hydrogens (tertiary/aromatic N) is 3. The molecule has 2 amide bonds. The minimum absolute atomic E-state index is 0.00741. The van der Waals surface area contributed by atoms with Gasteiger partial charge in [-0.25, -0.2) is 9.88 Å². The summed E-state index contributed by atoms with van der Waals surface area (Å²) in [6.45, 7) is 0. The number of imide groups is 1. The van der Waals surface area contributed by atoms with Gasteiger partial charge >= 0.3 is 0 Å². The summed E-state index contributed by atoms with van der Waals surface area (Å²) in [5.74, 6) is 0.00560. The fraction of sp³-hybridized carbons (Fsp3) is 0.231. The van der Waals surface area contributed by atoms with Gasteiger partial charge in [-0.1, -0.05) is 29.4 Å². The Morgan fingerprint density at radius 2 is 1.89 bits per heavy atom. The number of thiophene rings is 1. The third-order valence-electron chi connectivity index (χ3n) is 6.46. The second-order valence-electron chi connectivity index (χ2n) is 8.63. The molecule has 182 valence electrons. The zero-order valence-corrected chi connectivity index (χ0v) is 21.6. The van der Waals surface area contributed by atoms with Gasteiger partial charge in [0, 0.05) is 16.3 Å². The Morgan fingerprint density at radius 3 is 2.64 bits per heavy atom. The van der Waals surface area contributed by atoms with E-state index in [1.165, 1.54) is 4.88 Å². The van der Waals surface area contributed by atoms with Gasteiger partial charge in [-0.05, 0) is 67.3 Å². The Labute approximate surface area is 219 Å². The minimum Gasteiger partial charge on any atom is -0.497 e. The number of ether oxygens (including phenoxy) is 1. The van der Waals surface area contributed by atoms with Gasteiger partial charge in [0.1, 0.15) is 15.8 Å². The van der Waals surface area contributed by atoms with Crippen LogP contribution in [0.4, 0.5) is 5.69 Å². The Hall–Kier alpha value is -3.14. The van der Waals surface area contributed by atoms with Crippen LogP contribution >= 0.6 is 34.7 Å². The number of fused-ring (bicyclic) bond motifs is 3. The minimum atomic E-state index is -0.711. The lowest BCUT2D eigenvalue weighted by atomic mass is 10.2. The standard InChI is InChI=1S/C26H20ClN3O4S2/c1-34-17-10-8-15(9-11-17)30-25(33)22-18-6-3-7-19(18)35-23(22)28-26(30)36-20-13-21(31)29(24(20)32)16-5-2-4-14(27)12-16/h2,4-5,8-12,20H,3,6-7,13H2,1H3/t20-/m0/s1. The van der Waals surface area contributed by atoms with Crippen LogP contribution in [-0.2, 0) is 22.4 Å². The monoisotopic (exact) mass is 537 g/mol. The first-order chi connectivity index (χ1) is 17.4. The summed E-state index contributed by atoms with van der Waals surface area (Å²) >= 11 is 8.79. The highest BCUT2D eigenvalue weighted by atomic mass is 35.5. The SMILES string of the molecule is COc1ccc(-n2c(S[C@H]3CC(=O)N(c4cccc(Cl)c4)C3=O)nc3sc4c(c3c2=O)CCC4)cc1. The number of methoxy groups -OCH3 is 1. The lowest BCUT2D eigenvalue weighted by Gasteiger charge is -2.16. The average Bonchev–Trinajstić information content (AvgIpc) is 3.52. The van der Waals surface area contributed by atoms with E-state index in [4.69, 9.17) is 21.3 Å². The maximum atomic E-state index is 13.9. The molecular formula is C26H20ClN3O4S2. The van der Waals surface area contributed by atoms with Crippen LogP contribution in [0.1, 0.15) is 23.3 Å². The van der Waals surface area contributed by atoms with Crippen LogP contribution in [0.25, 0.3) is 15.9 Å². The van der Waals surface area contributed by atoms with E-state index < -0.39 is 5.25 Å². The predicted molar refractivity (Wildman–Crippen MR) is 142 cm³/mol. The zero-order chi connectivity index (χ0) is 25.0. The van der Waals surface area contributed by atoms with E-state index in [2.05, 4.69) is 0 Å². The van der Waals surface area contributed by atoms with Crippen LogP contribution in [0.3, 0.4) is 0 Å². The number of aryl methyl sites for hydroxylation is 2. The Bertz CT molecular complexity index is 1600. The van der Waals surface area contributed by atoms with Gasteiger partial charge in [-0.15, -0.1) is 11.3 Å². The highest BCUT2D eigenvalue weighted by Crippen LogP contribution is 2.38. The van der Waals surface area contributed by atoms with Crippen molar-refractivity contribution in [3.05, 3.63) is 74.3 Å². The lowest BCUT2D eigenvalue weighted by molar-refractivity contribution is -0.121. The van der Waals surface area contributed by atoms with Gasteiger partial charge in [-0.2, -0.15) is 0 Å². The highest BCUT2D eigenvalue weighted by molar-refractivity contribution is 8.00. The molecule has 4 aromatic rings. The van der Waals surface area contributed by atoms with Crippen LogP contribution in [0.15, 0.2) is 58.5 Å². The molecule has 7 nitrogen and oxygen atoms in total. The Morgan fingerprint density at radius 1 is 1.08 bits per heavy atom. The van der Waals surface area contributed by atoms with Crippen LogP contribution in [0, 0.1) is 0 Å². The van der Waals surface area contributed by atoms with Gasteiger partial charge in [0.05, 0.1) is 23.9 Å². The molecule has 0 bridgehead atoms. The summed E-state index contributed by atoms with van der Waals surface area (Å²) in [7, 11) is 1.58. The van der Waals surface area contributed by atoms with E-state index in [0.29, 0.717) is 37.5 Å². The first-order valence-corrected chi connectivity index (χ1v) is 13.5. The van der Waals surface area contributed by atoms with Crippen LogP contribution in [0.2, 0.25) is 5.02 Å². The molecular weight excluding hydrogens is 518 g/mol. The third kappa shape index (κ3) is 3.82. The molecule has 1 fully saturated rings. The van der Waals surface area contributed by atoms with E-state index in [9.17, 15) is 14.4 Å². The molecule has 36 heavy (non-hydrogen) atoms. The van der Waals surface area contributed by atoms with Gasteiger partial charge in [0.25, 0.3) is 5.56 Å². The molecule has 2 aliphatic rings. The summed E-state index contributed by atoms with van der Waals surface area (Å²) < 4.78 is 6.83. The molecule has 2 aromatic heterocycles. The molecule has 10 heteroatoms. The van der Waals surface area contributed by atoms with Crippen molar-refractivity contribution in [1.29, 1.82) is 0 Å². The van der Waals surface area contributed by atoms with Crippen molar-refractivity contribution in [3.63, 3.8) is 0 Å². The molecule has 0 spiro atoms. The number of benzene rings is 2. The summed E-state index contributed by atoms with van der Waals surface area (Å²) in [6.07, 6.45) is 2.86. The molecule has 0 unspecified atom stereocenters. The van der Waals surface area contributed by atoms with Gasteiger partial charge < -0.3 is 4.74 Å². The first-order valence-electron chi connectivity index (χ1n) is 11.5. The number of amides is 2. The number of anilines is 1. The second kappa shape index (κ2) is 9.06. The first kappa shape index (κ1) is 23.3. The van der Waals surface area contributed by atoms with Crippen LogP contribution < -0.4 is 15.2 Å². The number of rotatable bonds is 5. The largest absolute Gasteiger partial charge is 0.497 e. The van der Waals surface area contributed by atoms with Crippen molar-refractivity contribution in [2.75, 3.05) is 12.0 Å². The summed E-state index contributed by atoms with van der Waals surface area (Å²) in [4.78, 5) is 48.0. The maximum absolute atomic E-state index is 13.9. The van der Waals surface area contributed by atoms with Crippen molar-refractivity contribution in [1.82, 2.24) is 9.55 Å². The van der Waals surface area contributed by atoms with Crippen molar-refractivity contribution in [2.45, 2.75) is 36.1 Å². The van der Waals surface area contributed by atoms with Gasteiger partial charge in [0.2, 0.25) is 11.8 Å². The quantitative estimate of drug-likeness (QED) is 0.262. The molecule has 1 aliphatic carbocycles. The van der Waals surface area contributed by atoms with Crippen molar-refractivity contribution in [3.8, 4) is 11.4 Å². The normalized spacial score (nSPS) is 17.3. The molecule has 2 aromatic carbocycles. The summed E-state index contributed by atoms with van der Waals surface area (Å²) in [6, 6.07) is 13.8. The molecule has 1 atom stereocenters. The number of hydrogen-bond donors (Lipinski definition) is 0. The summed E-state index contributed by atoms with van der Waals surface area (Å²) in [5.41, 5.74) is 1.99. The van der Waals surface area contributed by atoms with E-state index in [0.717, 1.165) is 41.5 Å². The lowest BCUT2D eigenvalue weighted by Crippen LogP contribution is -2.31. The molecule has 1 saturated heterocycles. The molecule has 0 saturated carbocycles. The van der Waals surface area contributed by atoms with Crippen molar-refractivity contribution in [2.24, 2.45) is 0 Å². The van der Waals surface area contributed by atoms with E-state index >= 15 is 0 Å². The number of halogens is 1. The van der Waals surface area contributed by atoms with Crippen molar-refractivity contribution >= 4 is 62.4 Å². The summed E-state index contributed by atoms with van der Waals surface area (Å²) in [5, 5.41) is 0.770. The zero-order valence-electron chi connectivity index (χ0n) is 19.2. The van der Waals surface area contributed by atoms with Crippen molar-refractivity contribution < 1.29 is 14.3 Å². The van der Waals surface area contributed by atoms with E-state index in [-0.39, 0.29) is 23.8 Å².